The van der Waals surface area contributed by atoms with Crippen LogP contribution in [0.25, 0.3) is 0 Å². The predicted octanol–water partition coefficient (Wildman–Crippen LogP) is 4.45. The summed E-state index contributed by atoms with van der Waals surface area (Å²) in [5, 5.41) is -0.443. The first-order valence-electron chi connectivity index (χ1n) is 6.23. The van der Waals surface area contributed by atoms with Gasteiger partial charge in [-0.25, -0.2) is 8.78 Å². The normalized spacial score (nSPS) is 12.2. The van der Waals surface area contributed by atoms with Gasteiger partial charge in [0.15, 0.2) is 0 Å². The minimum Gasteiger partial charge on any atom is -0.281 e. The molecule has 104 valence electrons. The highest BCUT2D eigenvalue weighted by molar-refractivity contribution is 6.63. The minimum absolute atomic E-state index is 0.147. The van der Waals surface area contributed by atoms with Crippen molar-refractivity contribution in [3.8, 4) is 0 Å². The lowest BCUT2D eigenvalue weighted by Crippen LogP contribution is -2.07. The van der Waals surface area contributed by atoms with Crippen LogP contribution >= 0.6 is 11.6 Å². The van der Waals surface area contributed by atoms with Crippen LogP contribution in [-0.4, -0.2) is 5.24 Å². The second kappa shape index (κ2) is 6.62. The molecule has 0 N–H and O–H groups in total. The molecule has 0 aliphatic heterocycles. The molecule has 0 aliphatic rings. The molecule has 0 fully saturated rings. The standard InChI is InChI=1S/C16H13ClF2O/c17-16(20)10-13(12-3-7-15(19)8-4-12)9-11-1-5-14(18)6-2-11/h1-8,13H,9-10H2. The van der Waals surface area contributed by atoms with Crippen LogP contribution in [0.1, 0.15) is 23.5 Å². The Balaban J connectivity index is 2.21. The maximum absolute atomic E-state index is 12.9. The molecule has 1 nitrogen and oxygen atoms in total. The topological polar surface area (TPSA) is 17.1 Å². The van der Waals surface area contributed by atoms with Gasteiger partial charge in [0.25, 0.3) is 0 Å². The smallest absolute Gasteiger partial charge is 0.222 e. The monoisotopic (exact) mass is 294 g/mol. The van der Waals surface area contributed by atoms with Gasteiger partial charge in [-0.1, -0.05) is 24.3 Å². The van der Waals surface area contributed by atoms with Crippen molar-refractivity contribution in [3.63, 3.8) is 0 Å². The number of halogens is 3. The Bertz CT molecular complexity index is 578. The van der Waals surface area contributed by atoms with Gasteiger partial charge in [-0.05, 0) is 59.3 Å². The summed E-state index contributed by atoms with van der Waals surface area (Å²) in [7, 11) is 0. The fourth-order valence-electron chi connectivity index (χ4n) is 2.14. The van der Waals surface area contributed by atoms with E-state index in [4.69, 9.17) is 11.6 Å². The Kier molecular flexibility index (Phi) is 4.85. The summed E-state index contributed by atoms with van der Waals surface area (Å²) in [5.74, 6) is -0.780. The summed E-state index contributed by atoms with van der Waals surface area (Å²) in [6.45, 7) is 0. The molecule has 0 saturated heterocycles. The predicted molar refractivity (Wildman–Crippen MR) is 74.7 cm³/mol. The molecule has 1 unspecified atom stereocenters. The molecule has 2 aromatic rings. The fourth-order valence-corrected chi connectivity index (χ4v) is 2.33. The molecule has 0 spiro atoms. The van der Waals surface area contributed by atoms with Gasteiger partial charge in [-0.15, -0.1) is 0 Å². The van der Waals surface area contributed by atoms with E-state index in [1.54, 1.807) is 24.3 Å². The molecule has 20 heavy (non-hydrogen) atoms. The van der Waals surface area contributed by atoms with Crippen LogP contribution in [-0.2, 0) is 11.2 Å². The summed E-state index contributed by atoms with van der Waals surface area (Å²) in [6, 6.07) is 12.1. The second-order valence-electron chi connectivity index (χ2n) is 4.64. The highest BCUT2D eigenvalue weighted by atomic mass is 35.5. The number of rotatable bonds is 5. The largest absolute Gasteiger partial charge is 0.281 e. The molecule has 0 amide bonds. The third-order valence-corrected chi connectivity index (χ3v) is 3.30. The van der Waals surface area contributed by atoms with E-state index in [9.17, 15) is 13.6 Å². The van der Waals surface area contributed by atoms with E-state index in [1.165, 1.54) is 24.3 Å². The quantitative estimate of drug-likeness (QED) is 0.745. The molecule has 4 heteroatoms. The lowest BCUT2D eigenvalue weighted by atomic mass is 9.89. The number of benzene rings is 2. The average Bonchev–Trinajstić information content (AvgIpc) is 2.41. The molecule has 2 aromatic carbocycles. The summed E-state index contributed by atoms with van der Waals surface area (Å²) < 4.78 is 25.8. The van der Waals surface area contributed by atoms with E-state index in [1.807, 2.05) is 0 Å². The fraction of sp³-hybridized carbons (Fsp3) is 0.188. The molecule has 0 bridgehead atoms. The van der Waals surface area contributed by atoms with Crippen LogP contribution < -0.4 is 0 Å². The number of hydrogen-bond acceptors (Lipinski definition) is 1. The Hall–Kier alpha value is -1.74. The first-order valence-corrected chi connectivity index (χ1v) is 6.60. The van der Waals surface area contributed by atoms with Crippen LogP contribution in [0.2, 0.25) is 0 Å². The zero-order valence-corrected chi connectivity index (χ0v) is 11.4. The molecule has 0 saturated carbocycles. The van der Waals surface area contributed by atoms with E-state index in [0.717, 1.165) is 11.1 Å². The van der Waals surface area contributed by atoms with Gasteiger partial charge < -0.3 is 0 Å². The molecule has 0 aromatic heterocycles. The first-order chi connectivity index (χ1) is 9.54. The summed E-state index contributed by atoms with van der Waals surface area (Å²) in [6.07, 6.45) is 0.703. The third-order valence-electron chi connectivity index (χ3n) is 3.14. The van der Waals surface area contributed by atoms with Crippen molar-refractivity contribution in [2.24, 2.45) is 0 Å². The average molecular weight is 295 g/mol. The van der Waals surface area contributed by atoms with E-state index >= 15 is 0 Å². The highest BCUT2D eigenvalue weighted by Crippen LogP contribution is 2.25. The molecule has 2 rings (SSSR count). The van der Waals surface area contributed by atoms with Crippen LogP contribution in [0.4, 0.5) is 8.78 Å². The van der Waals surface area contributed by atoms with E-state index in [0.29, 0.717) is 6.42 Å². The lowest BCUT2D eigenvalue weighted by molar-refractivity contribution is -0.112. The number of hydrogen-bond donors (Lipinski definition) is 0. The van der Waals surface area contributed by atoms with Gasteiger partial charge >= 0.3 is 0 Å². The van der Waals surface area contributed by atoms with E-state index in [2.05, 4.69) is 0 Å². The number of carbonyl (C=O) groups excluding carboxylic acids is 1. The van der Waals surface area contributed by atoms with Crippen LogP contribution in [0.5, 0.6) is 0 Å². The molecule has 0 heterocycles. The van der Waals surface area contributed by atoms with Gasteiger partial charge in [-0.3, -0.25) is 4.79 Å². The van der Waals surface area contributed by atoms with Gasteiger partial charge in [0, 0.05) is 6.42 Å². The molecule has 0 aliphatic carbocycles. The van der Waals surface area contributed by atoms with Crippen molar-refractivity contribution >= 4 is 16.8 Å². The highest BCUT2D eigenvalue weighted by Gasteiger charge is 2.16. The summed E-state index contributed by atoms with van der Waals surface area (Å²) in [5.41, 5.74) is 1.74. The molecular formula is C16H13ClF2O. The van der Waals surface area contributed by atoms with Crippen molar-refractivity contribution in [1.29, 1.82) is 0 Å². The Morgan fingerprint density at radius 2 is 1.45 bits per heavy atom. The molecule has 1 atom stereocenters. The van der Waals surface area contributed by atoms with E-state index < -0.39 is 5.24 Å². The Morgan fingerprint density at radius 3 is 1.95 bits per heavy atom. The van der Waals surface area contributed by atoms with Gasteiger partial charge in [-0.2, -0.15) is 0 Å². The van der Waals surface area contributed by atoms with Gasteiger partial charge in [0.05, 0.1) is 0 Å². The van der Waals surface area contributed by atoms with Crippen molar-refractivity contribution in [1.82, 2.24) is 0 Å². The van der Waals surface area contributed by atoms with Gasteiger partial charge in [0.2, 0.25) is 5.24 Å². The van der Waals surface area contributed by atoms with Crippen LogP contribution in [0, 0.1) is 11.6 Å². The maximum Gasteiger partial charge on any atom is 0.222 e. The maximum atomic E-state index is 12.9. The molecular weight excluding hydrogens is 282 g/mol. The Morgan fingerprint density at radius 1 is 0.950 bits per heavy atom. The lowest BCUT2D eigenvalue weighted by Gasteiger charge is -2.15. The van der Waals surface area contributed by atoms with Crippen molar-refractivity contribution in [2.75, 3.05) is 0 Å². The van der Waals surface area contributed by atoms with Crippen LogP contribution in [0.3, 0.4) is 0 Å². The summed E-state index contributed by atoms with van der Waals surface area (Å²) in [4.78, 5) is 11.2. The van der Waals surface area contributed by atoms with Crippen molar-refractivity contribution in [3.05, 3.63) is 71.3 Å². The van der Waals surface area contributed by atoms with Crippen LogP contribution in [0.15, 0.2) is 48.5 Å². The summed E-state index contributed by atoms with van der Waals surface area (Å²) >= 11 is 5.47. The first kappa shape index (κ1) is 14.7. The SMILES string of the molecule is O=C(Cl)CC(Cc1ccc(F)cc1)c1ccc(F)cc1. The van der Waals surface area contributed by atoms with E-state index in [-0.39, 0.29) is 24.0 Å². The number of carbonyl (C=O) groups is 1. The molecule has 0 radical (unpaired) electrons. The van der Waals surface area contributed by atoms with Crippen molar-refractivity contribution < 1.29 is 13.6 Å². The van der Waals surface area contributed by atoms with Gasteiger partial charge in [0.1, 0.15) is 11.6 Å². The minimum atomic E-state index is -0.443. The zero-order chi connectivity index (χ0) is 14.5. The third kappa shape index (κ3) is 4.14. The van der Waals surface area contributed by atoms with Crippen molar-refractivity contribution in [2.45, 2.75) is 18.8 Å². The zero-order valence-electron chi connectivity index (χ0n) is 10.7. The second-order valence-corrected chi connectivity index (χ2v) is 5.06. The Labute approximate surface area is 121 Å².